The molecule has 0 aliphatic rings. The molecule has 1 amide bonds. The third-order valence-corrected chi connectivity index (χ3v) is 3.00. The number of rotatable bonds is 3. The first-order valence-corrected chi connectivity index (χ1v) is 6.12. The van der Waals surface area contributed by atoms with Crippen LogP contribution >= 0.6 is 0 Å². The van der Waals surface area contributed by atoms with E-state index in [1.807, 2.05) is 19.9 Å². The number of carboxylic acids is 1. The average Bonchev–Trinajstić information content (AvgIpc) is 2.64. The lowest BCUT2D eigenvalue weighted by molar-refractivity contribution is -0.137. The Balaban J connectivity index is 2.56. The fourth-order valence-electron chi connectivity index (χ4n) is 2.14. The molecule has 7 heteroatoms. The smallest absolute Gasteiger partial charge is 0.323 e. The normalized spacial score (nSPS) is 10.8. The van der Waals surface area contributed by atoms with Crippen molar-refractivity contribution in [2.45, 2.75) is 20.8 Å². The molecule has 0 unspecified atom stereocenters. The van der Waals surface area contributed by atoms with Gasteiger partial charge in [0, 0.05) is 18.4 Å². The van der Waals surface area contributed by atoms with Crippen molar-refractivity contribution < 1.29 is 14.7 Å². The number of amides is 1. The van der Waals surface area contributed by atoms with Gasteiger partial charge in [-0.15, -0.1) is 0 Å². The van der Waals surface area contributed by atoms with Crippen molar-refractivity contribution >= 4 is 17.5 Å². The van der Waals surface area contributed by atoms with Crippen LogP contribution in [0.3, 0.4) is 0 Å². The van der Waals surface area contributed by atoms with Crippen molar-refractivity contribution in [3.63, 3.8) is 0 Å². The predicted octanol–water partition coefficient (Wildman–Crippen LogP) is 0.811. The number of fused-ring (bicyclic) bond motifs is 1. The van der Waals surface area contributed by atoms with E-state index in [1.54, 1.807) is 11.4 Å². The summed E-state index contributed by atoms with van der Waals surface area (Å²) in [4.78, 5) is 28.6. The van der Waals surface area contributed by atoms with Crippen molar-refractivity contribution in [2.75, 3.05) is 13.6 Å². The molecule has 0 aliphatic heterocycles. The Labute approximate surface area is 115 Å². The van der Waals surface area contributed by atoms with E-state index in [0.29, 0.717) is 16.9 Å². The van der Waals surface area contributed by atoms with E-state index in [0.717, 1.165) is 16.3 Å². The molecule has 0 bridgehead atoms. The lowest BCUT2D eigenvalue weighted by atomic mass is 10.2. The van der Waals surface area contributed by atoms with E-state index in [2.05, 4.69) is 10.1 Å². The fourth-order valence-corrected chi connectivity index (χ4v) is 2.14. The number of carboxylic acid groups (broad SMARTS) is 1. The molecule has 2 rings (SSSR count). The van der Waals surface area contributed by atoms with Crippen LogP contribution in [0.25, 0.3) is 5.65 Å². The second-order valence-corrected chi connectivity index (χ2v) is 4.79. The van der Waals surface area contributed by atoms with Crippen LogP contribution in [0, 0.1) is 20.8 Å². The number of carbonyl (C=O) groups excluding carboxylic acids is 1. The molecule has 2 aromatic rings. The molecule has 0 aliphatic carbocycles. The van der Waals surface area contributed by atoms with Crippen LogP contribution < -0.4 is 0 Å². The van der Waals surface area contributed by atoms with Crippen LogP contribution in [-0.2, 0) is 4.79 Å². The minimum absolute atomic E-state index is 0.348. The van der Waals surface area contributed by atoms with E-state index < -0.39 is 11.9 Å². The molecular weight excluding hydrogens is 260 g/mol. The van der Waals surface area contributed by atoms with Gasteiger partial charge in [-0.2, -0.15) is 5.10 Å². The second-order valence-electron chi connectivity index (χ2n) is 4.79. The van der Waals surface area contributed by atoms with Crippen molar-refractivity contribution in [1.82, 2.24) is 19.5 Å². The maximum absolute atomic E-state index is 12.4. The lowest BCUT2D eigenvalue weighted by Gasteiger charge is -2.14. The Hall–Kier alpha value is -2.44. The molecular formula is C13H16N4O3. The zero-order valence-electron chi connectivity index (χ0n) is 11.8. The van der Waals surface area contributed by atoms with E-state index >= 15 is 0 Å². The van der Waals surface area contributed by atoms with E-state index in [-0.39, 0.29) is 6.54 Å². The van der Waals surface area contributed by atoms with Crippen molar-refractivity contribution in [1.29, 1.82) is 0 Å². The second kappa shape index (κ2) is 4.92. The Morgan fingerprint density at radius 3 is 2.60 bits per heavy atom. The highest BCUT2D eigenvalue weighted by Crippen LogP contribution is 2.17. The number of aromatic nitrogens is 3. The highest BCUT2D eigenvalue weighted by molar-refractivity contribution is 6.01. The number of likely N-dealkylation sites (N-methyl/N-ethyl adjacent to an activating group) is 1. The largest absolute Gasteiger partial charge is 0.480 e. The number of nitrogens with zero attached hydrogens (tertiary/aromatic N) is 4. The van der Waals surface area contributed by atoms with Gasteiger partial charge in [-0.3, -0.25) is 9.59 Å². The Morgan fingerprint density at radius 1 is 1.35 bits per heavy atom. The maximum atomic E-state index is 12.4. The molecule has 0 aromatic carbocycles. The monoisotopic (exact) mass is 276 g/mol. The maximum Gasteiger partial charge on any atom is 0.323 e. The summed E-state index contributed by atoms with van der Waals surface area (Å²) in [5.74, 6) is -1.45. The van der Waals surface area contributed by atoms with Gasteiger partial charge >= 0.3 is 5.97 Å². The van der Waals surface area contributed by atoms with Gasteiger partial charge in [0.1, 0.15) is 12.1 Å². The molecule has 0 spiro atoms. The minimum atomic E-state index is -1.06. The Morgan fingerprint density at radius 2 is 2.00 bits per heavy atom. The third kappa shape index (κ3) is 2.34. The number of hydrogen-bond acceptors (Lipinski definition) is 4. The van der Waals surface area contributed by atoms with Crippen LogP contribution in [0.2, 0.25) is 0 Å². The molecule has 1 N–H and O–H groups in total. The van der Waals surface area contributed by atoms with Gasteiger partial charge in [-0.05, 0) is 26.8 Å². The van der Waals surface area contributed by atoms with E-state index in [9.17, 15) is 9.59 Å². The van der Waals surface area contributed by atoms with Crippen LogP contribution in [0.4, 0.5) is 0 Å². The first-order valence-electron chi connectivity index (χ1n) is 6.12. The summed E-state index contributed by atoms with van der Waals surface area (Å²) >= 11 is 0. The third-order valence-electron chi connectivity index (χ3n) is 3.00. The quantitative estimate of drug-likeness (QED) is 0.896. The molecule has 2 aromatic heterocycles. The van der Waals surface area contributed by atoms with Gasteiger partial charge < -0.3 is 10.0 Å². The van der Waals surface area contributed by atoms with Crippen molar-refractivity contribution in [3.8, 4) is 0 Å². The zero-order chi connectivity index (χ0) is 15.0. The highest BCUT2D eigenvalue weighted by Gasteiger charge is 2.23. The molecule has 20 heavy (non-hydrogen) atoms. The molecule has 0 saturated heterocycles. The van der Waals surface area contributed by atoms with E-state index in [1.165, 1.54) is 7.05 Å². The topological polar surface area (TPSA) is 87.8 Å². The molecule has 0 atom stereocenters. The average molecular weight is 276 g/mol. The molecule has 0 fully saturated rings. The number of aliphatic carboxylic acids is 1. The highest BCUT2D eigenvalue weighted by atomic mass is 16.4. The summed E-state index contributed by atoms with van der Waals surface area (Å²) in [5.41, 5.74) is 3.00. The predicted molar refractivity (Wildman–Crippen MR) is 71.8 cm³/mol. The summed E-state index contributed by atoms with van der Waals surface area (Å²) in [6.45, 7) is 5.07. The van der Waals surface area contributed by atoms with Gasteiger partial charge in [0.25, 0.3) is 5.91 Å². The summed E-state index contributed by atoms with van der Waals surface area (Å²) < 4.78 is 1.60. The summed E-state index contributed by atoms with van der Waals surface area (Å²) in [6.07, 6.45) is 0. The van der Waals surface area contributed by atoms with Gasteiger partial charge in [-0.25, -0.2) is 9.50 Å². The fraction of sp³-hybridized carbons (Fsp3) is 0.385. The standard InChI is InChI=1S/C13H16N4O3/c1-7-5-8(2)17-12(14-7)11(9(3)15-17)13(20)16(4)6-10(18)19/h5H,6H2,1-4H3,(H,18,19). The van der Waals surface area contributed by atoms with Crippen LogP contribution in [0.15, 0.2) is 6.07 Å². The molecule has 106 valence electrons. The lowest BCUT2D eigenvalue weighted by Crippen LogP contribution is -2.32. The van der Waals surface area contributed by atoms with Gasteiger partial charge in [0.2, 0.25) is 0 Å². The first kappa shape index (κ1) is 14.0. The molecule has 0 saturated carbocycles. The molecule has 7 nitrogen and oxygen atoms in total. The molecule has 0 radical (unpaired) electrons. The van der Waals surface area contributed by atoms with Crippen LogP contribution in [-0.4, -0.2) is 50.1 Å². The van der Waals surface area contributed by atoms with Crippen LogP contribution in [0.5, 0.6) is 0 Å². The van der Waals surface area contributed by atoms with Gasteiger partial charge in [0.05, 0.1) is 5.69 Å². The Kier molecular flexibility index (Phi) is 3.44. The minimum Gasteiger partial charge on any atom is -0.480 e. The SMILES string of the molecule is Cc1cc(C)n2nc(C)c(C(=O)N(C)CC(=O)O)c2n1. The number of hydrogen-bond donors (Lipinski definition) is 1. The molecule has 2 heterocycles. The van der Waals surface area contributed by atoms with Gasteiger partial charge in [-0.1, -0.05) is 0 Å². The zero-order valence-corrected chi connectivity index (χ0v) is 11.8. The van der Waals surface area contributed by atoms with Crippen LogP contribution in [0.1, 0.15) is 27.4 Å². The Bertz CT molecular complexity index is 705. The van der Waals surface area contributed by atoms with E-state index in [4.69, 9.17) is 5.11 Å². The number of carbonyl (C=O) groups is 2. The summed E-state index contributed by atoms with van der Waals surface area (Å²) in [5, 5.41) is 13.1. The van der Waals surface area contributed by atoms with Crippen molar-refractivity contribution in [3.05, 3.63) is 28.7 Å². The van der Waals surface area contributed by atoms with Gasteiger partial charge in [0.15, 0.2) is 5.65 Å². The first-order chi connectivity index (χ1) is 9.31. The van der Waals surface area contributed by atoms with Crippen molar-refractivity contribution in [2.24, 2.45) is 0 Å². The summed E-state index contributed by atoms with van der Waals surface area (Å²) in [7, 11) is 1.45. The summed E-state index contributed by atoms with van der Waals surface area (Å²) in [6, 6.07) is 1.87. The number of aryl methyl sites for hydroxylation is 3.